The zero-order valence-electron chi connectivity index (χ0n) is 13.0. The Labute approximate surface area is 139 Å². The fourth-order valence-corrected chi connectivity index (χ4v) is 3.35. The molecule has 0 bridgehead atoms. The largest absolute Gasteiger partial charge is 0.481 e. The molecular weight excluding hydrogens is 349 g/mol. The van der Waals surface area contributed by atoms with Gasteiger partial charge in [0.05, 0.1) is 5.92 Å². The molecule has 2 rings (SSSR count). The molecule has 1 unspecified atom stereocenters. The minimum Gasteiger partial charge on any atom is -0.481 e. The van der Waals surface area contributed by atoms with E-state index in [2.05, 4.69) is 21.2 Å². The van der Waals surface area contributed by atoms with E-state index in [1.165, 1.54) is 6.07 Å². The maximum absolute atomic E-state index is 13.9. The Hall–Kier alpha value is -0.940. The van der Waals surface area contributed by atoms with E-state index in [0.717, 1.165) is 22.9 Å². The monoisotopic (exact) mass is 371 g/mol. The molecule has 0 aromatic heterocycles. The van der Waals surface area contributed by atoms with Gasteiger partial charge < -0.3 is 10.4 Å². The summed E-state index contributed by atoms with van der Waals surface area (Å²) >= 11 is 3.26. The molecule has 0 spiro atoms. The van der Waals surface area contributed by atoms with Gasteiger partial charge in [0.15, 0.2) is 0 Å². The van der Waals surface area contributed by atoms with Crippen LogP contribution in [0.25, 0.3) is 0 Å². The first-order valence-electron chi connectivity index (χ1n) is 7.78. The molecule has 1 atom stereocenters. The Bertz CT molecular complexity index is 529. The van der Waals surface area contributed by atoms with Crippen molar-refractivity contribution in [2.75, 3.05) is 6.54 Å². The fourth-order valence-electron chi connectivity index (χ4n) is 3.02. The van der Waals surface area contributed by atoms with Crippen molar-refractivity contribution < 1.29 is 14.3 Å². The summed E-state index contributed by atoms with van der Waals surface area (Å²) in [6.07, 6.45) is 2.42. The predicted octanol–water partition coefficient (Wildman–Crippen LogP) is 4.17. The highest BCUT2D eigenvalue weighted by Gasteiger charge is 2.32. The van der Waals surface area contributed by atoms with Gasteiger partial charge >= 0.3 is 5.97 Å². The summed E-state index contributed by atoms with van der Waals surface area (Å²) in [7, 11) is 0. The number of nitrogens with one attached hydrogen (secondary N) is 1. The molecule has 1 saturated carbocycles. The Morgan fingerprint density at radius 2 is 2.14 bits per heavy atom. The van der Waals surface area contributed by atoms with Gasteiger partial charge in [-0.15, -0.1) is 0 Å². The maximum atomic E-state index is 13.9. The number of carboxylic acids is 1. The Kier molecular flexibility index (Phi) is 5.98. The zero-order valence-corrected chi connectivity index (χ0v) is 14.6. The number of carbonyl (C=O) groups is 1. The number of hydrogen-bond acceptors (Lipinski definition) is 2. The van der Waals surface area contributed by atoms with E-state index in [9.17, 15) is 14.3 Å². The van der Waals surface area contributed by atoms with Crippen LogP contribution in [0.4, 0.5) is 4.39 Å². The van der Waals surface area contributed by atoms with E-state index in [-0.39, 0.29) is 17.7 Å². The lowest BCUT2D eigenvalue weighted by Gasteiger charge is -2.37. The van der Waals surface area contributed by atoms with Gasteiger partial charge in [-0.2, -0.15) is 0 Å². The highest BCUT2D eigenvalue weighted by molar-refractivity contribution is 9.10. The molecule has 0 aliphatic heterocycles. The molecule has 0 amide bonds. The number of hydrogen-bond donors (Lipinski definition) is 2. The minimum atomic E-state index is -0.740. The van der Waals surface area contributed by atoms with Gasteiger partial charge in [0.25, 0.3) is 0 Å². The van der Waals surface area contributed by atoms with Crippen LogP contribution in [0.15, 0.2) is 22.7 Å². The number of benzene rings is 1. The lowest BCUT2D eigenvalue weighted by molar-refractivity contribution is -0.142. The van der Waals surface area contributed by atoms with Crippen molar-refractivity contribution in [2.45, 2.75) is 45.1 Å². The maximum Gasteiger partial charge on any atom is 0.307 e. The van der Waals surface area contributed by atoms with Crippen LogP contribution in [0.5, 0.6) is 0 Å². The van der Waals surface area contributed by atoms with Crippen molar-refractivity contribution in [3.8, 4) is 0 Å². The summed E-state index contributed by atoms with van der Waals surface area (Å²) in [6.45, 7) is 4.56. The summed E-state index contributed by atoms with van der Waals surface area (Å²) in [5.41, 5.74) is 0.762. The average Bonchev–Trinajstić information content (AvgIpc) is 2.36. The van der Waals surface area contributed by atoms with E-state index in [0.29, 0.717) is 24.9 Å². The summed E-state index contributed by atoms with van der Waals surface area (Å²) < 4.78 is 14.6. The van der Waals surface area contributed by atoms with Gasteiger partial charge in [0.2, 0.25) is 0 Å². The predicted molar refractivity (Wildman–Crippen MR) is 88.4 cm³/mol. The molecule has 5 heteroatoms. The average molecular weight is 372 g/mol. The second-order valence-electron chi connectivity index (χ2n) is 6.60. The summed E-state index contributed by atoms with van der Waals surface area (Å²) in [6, 6.07) is 5.49. The normalized spacial score (nSPS) is 22.4. The van der Waals surface area contributed by atoms with E-state index in [4.69, 9.17) is 0 Å². The van der Waals surface area contributed by atoms with Crippen molar-refractivity contribution in [3.05, 3.63) is 34.1 Å². The molecule has 0 heterocycles. The van der Waals surface area contributed by atoms with Crippen LogP contribution in [-0.2, 0) is 4.79 Å². The molecule has 122 valence electrons. The van der Waals surface area contributed by atoms with Crippen molar-refractivity contribution in [1.29, 1.82) is 0 Å². The molecule has 1 aromatic carbocycles. The Balaban J connectivity index is 1.80. The molecule has 0 radical (unpaired) electrons. The van der Waals surface area contributed by atoms with Crippen LogP contribution < -0.4 is 5.32 Å². The molecular formula is C17H23BrFNO2. The first-order chi connectivity index (χ1) is 10.4. The number of carboxylic acid groups (broad SMARTS) is 1. The third-order valence-corrected chi connectivity index (χ3v) is 4.79. The first-order valence-corrected chi connectivity index (χ1v) is 8.57. The molecule has 1 fully saturated rings. The highest BCUT2D eigenvalue weighted by Crippen LogP contribution is 2.38. The van der Waals surface area contributed by atoms with E-state index in [1.807, 2.05) is 26.0 Å². The quantitative estimate of drug-likeness (QED) is 0.755. The molecule has 22 heavy (non-hydrogen) atoms. The number of halogens is 2. The molecule has 1 aliphatic carbocycles. The summed E-state index contributed by atoms with van der Waals surface area (Å²) in [5, 5.41) is 12.5. The van der Waals surface area contributed by atoms with Gasteiger partial charge in [0.1, 0.15) is 5.82 Å². The van der Waals surface area contributed by atoms with E-state index in [1.54, 1.807) is 0 Å². The zero-order chi connectivity index (χ0) is 16.3. The van der Waals surface area contributed by atoms with Crippen LogP contribution >= 0.6 is 15.9 Å². The second kappa shape index (κ2) is 7.55. The minimum absolute atomic E-state index is 0.166. The van der Waals surface area contributed by atoms with Crippen LogP contribution in [0.1, 0.15) is 44.6 Å². The van der Waals surface area contributed by atoms with Crippen molar-refractivity contribution >= 4 is 21.9 Å². The van der Waals surface area contributed by atoms with Crippen LogP contribution in [0, 0.1) is 17.7 Å². The topological polar surface area (TPSA) is 49.3 Å². The second-order valence-corrected chi connectivity index (χ2v) is 7.52. The van der Waals surface area contributed by atoms with Crippen molar-refractivity contribution in [3.63, 3.8) is 0 Å². The Morgan fingerprint density at radius 1 is 1.45 bits per heavy atom. The smallest absolute Gasteiger partial charge is 0.307 e. The number of aliphatic carboxylic acids is 1. The lowest BCUT2D eigenvalue weighted by Crippen LogP contribution is -2.43. The molecule has 1 aliphatic rings. The van der Waals surface area contributed by atoms with Gasteiger partial charge in [0, 0.05) is 17.1 Å². The summed E-state index contributed by atoms with van der Waals surface area (Å²) in [5.74, 6) is -0.645. The molecule has 1 aromatic rings. The van der Waals surface area contributed by atoms with Gasteiger partial charge in [-0.3, -0.25) is 4.79 Å². The molecule has 0 saturated heterocycles. The van der Waals surface area contributed by atoms with Crippen molar-refractivity contribution in [2.24, 2.45) is 11.8 Å². The Morgan fingerprint density at radius 3 is 2.68 bits per heavy atom. The standard InChI is InChI=1S/C17H23BrFNO2/c1-10(2)5-12(17(21)22)9-20-14-6-11(7-14)15-4-3-13(18)8-16(15)19/h3-4,8,10-12,14,20H,5-7,9H2,1-2H3,(H,21,22). The molecule has 3 nitrogen and oxygen atoms in total. The van der Waals surface area contributed by atoms with Crippen LogP contribution in [0.2, 0.25) is 0 Å². The van der Waals surface area contributed by atoms with E-state index >= 15 is 0 Å². The number of rotatable bonds is 7. The fraction of sp³-hybridized carbons (Fsp3) is 0.588. The highest BCUT2D eigenvalue weighted by atomic mass is 79.9. The lowest BCUT2D eigenvalue weighted by atomic mass is 9.75. The van der Waals surface area contributed by atoms with Gasteiger partial charge in [-0.1, -0.05) is 35.8 Å². The van der Waals surface area contributed by atoms with Crippen LogP contribution in [-0.4, -0.2) is 23.7 Å². The SMILES string of the molecule is CC(C)CC(CNC1CC(c2ccc(Br)cc2F)C1)C(=O)O. The third-order valence-electron chi connectivity index (χ3n) is 4.30. The van der Waals surface area contributed by atoms with Crippen molar-refractivity contribution in [1.82, 2.24) is 5.32 Å². The first kappa shape index (κ1) is 17.4. The van der Waals surface area contributed by atoms with Crippen LogP contribution in [0.3, 0.4) is 0 Å². The van der Waals surface area contributed by atoms with E-state index < -0.39 is 5.97 Å². The van der Waals surface area contributed by atoms with Gasteiger partial charge in [-0.05, 0) is 48.8 Å². The summed E-state index contributed by atoms with van der Waals surface area (Å²) in [4.78, 5) is 11.2. The third kappa shape index (κ3) is 4.53. The van der Waals surface area contributed by atoms with Gasteiger partial charge in [-0.25, -0.2) is 4.39 Å². The molecule has 2 N–H and O–H groups in total.